The minimum absolute atomic E-state index is 0.117. The number of amides is 1. The van der Waals surface area contributed by atoms with Crippen molar-refractivity contribution in [2.75, 3.05) is 20.3 Å². The molecule has 0 bridgehead atoms. The zero-order valence-electron chi connectivity index (χ0n) is 9.30. The molecule has 1 rings (SSSR count). The van der Waals surface area contributed by atoms with E-state index < -0.39 is 6.10 Å². The number of aliphatic hydroxyl groups excluding tert-OH is 1. The molecular weight excluding hydrogens is 210 g/mol. The van der Waals surface area contributed by atoms with Crippen LogP contribution in [0.15, 0.2) is 18.5 Å². The van der Waals surface area contributed by atoms with Crippen LogP contribution in [0, 0.1) is 0 Å². The Hall–Kier alpha value is -1.40. The van der Waals surface area contributed by atoms with Gasteiger partial charge in [0.15, 0.2) is 0 Å². The first kappa shape index (κ1) is 12.7. The third kappa shape index (κ3) is 4.90. The number of rotatable bonds is 7. The van der Waals surface area contributed by atoms with Crippen molar-refractivity contribution < 1.29 is 14.6 Å². The maximum Gasteiger partial charge on any atom is 0.241 e. The number of hydrogen-bond donors (Lipinski definition) is 2. The molecule has 0 fully saturated rings. The molecule has 0 aliphatic heterocycles. The van der Waals surface area contributed by atoms with E-state index in [1.807, 2.05) is 0 Å². The van der Waals surface area contributed by atoms with Gasteiger partial charge in [-0.2, -0.15) is 5.10 Å². The molecule has 0 aliphatic carbocycles. The second-order valence-electron chi connectivity index (χ2n) is 3.45. The largest absolute Gasteiger partial charge is 0.391 e. The van der Waals surface area contributed by atoms with Crippen LogP contribution in [0.25, 0.3) is 0 Å². The number of methoxy groups -OCH3 is 1. The second-order valence-corrected chi connectivity index (χ2v) is 3.45. The Labute approximate surface area is 94.2 Å². The molecule has 0 saturated carbocycles. The number of ether oxygens (including phenoxy) is 1. The maximum atomic E-state index is 11.4. The van der Waals surface area contributed by atoms with Crippen LogP contribution in [-0.4, -0.2) is 47.2 Å². The van der Waals surface area contributed by atoms with Crippen molar-refractivity contribution in [2.45, 2.75) is 19.1 Å². The molecule has 1 unspecified atom stereocenters. The monoisotopic (exact) mass is 227 g/mol. The van der Waals surface area contributed by atoms with E-state index in [1.54, 1.807) is 23.1 Å². The highest BCUT2D eigenvalue weighted by atomic mass is 16.5. The van der Waals surface area contributed by atoms with Crippen molar-refractivity contribution in [1.29, 1.82) is 0 Å². The van der Waals surface area contributed by atoms with Crippen molar-refractivity contribution in [2.24, 2.45) is 0 Å². The Morgan fingerprint density at radius 2 is 2.50 bits per heavy atom. The van der Waals surface area contributed by atoms with Crippen LogP contribution in [0.4, 0.5) is 0 Å². The molecular formula is C10H17N3O3. The standard InChI is InChI=1S/C10H17N3O3/c1-16-8-9(14)3-5-11-10(15)7-13-6-2-4-12-13/h2,4,6,9,14H,3,5,7-8H2,1H3,(H,11,15). The van der Waals surface area contributed by atoms with Gasteiger partial charge in [-0.3, -0.25) is 9.48 Å². The van der Waals surface area contributed by atoms with E-state index in [4.69, 9.17) is 4.74 Å². The summed E-state index contributed by atoms with van der Waals surface area (Å²) >= 11 is 0. The summed E-state index contributed by atoms with van der Waals surface area (Å²) in [6, 6.07) is 1.76. The fraction of sp³-hybridized carbons (Fsp3) is 0.600. The maximum absolute atomic E-state index is 11.4. The molecule has 0 aromatic carbocycles. The fourth-order valence-corrected chi connectivity index (χ4v) is 1.25. The summed E-state index contributed by atoms with van der Waals surface area (Å²) < 4.78 is 6.31. The van der Waals surface area contributed by atoms with Crippen LogP contribution >= 0.6 is 0 Å². The number of nitrogens with one attached hydrogen (secondary N) is 1. The van der Waals surface area contributed by atoms with Crippen molar-refractivity contribution in [3.05, 3.63) is 18.5 Å². The average Bonchev–Trinajstić information content (AvgIpc) is 2.70. The minimum atomic E-state index is -0.532. The fourth-order valence-electron chi connectivity index (χ4n) is 1.25. The quantitative estimate of drug-likeness (QED) is 0.652. The molecule has 1 aromatic heterocycles. The van der Waals surface area contributed by atoms with Crippen molar-refractivity contribution in [1.82, 2.24) is 15.1 Å². The number of aromatic nitrogens is 2. The molecule has 0 saturated heterocycles. The lowest BCUT2D eigenvalue weighted by Gasteiger charge is -2.10. The summed E-state index contributed by atoms with van der Waals surface area (Å²) in [6.45, 7) is 0.924. The van der Waals surface area contributed by atoms with E-state index in [0.717, 1.165) is 0 Å². The second kappa shape index (κ2) is 6.97. The summed E-state index contributed by atoms with van der Waals surface area (Å²) in [4.78, 5) is 11.4. The Morgan fingerprint density at radius 1 is 1.69 bits per heavy atom. The first-order valence-corrected chi connectivity index (χ1v) is 5.13. The summed E-state index contributed by atoms with van der Waals surface area (Å²) in [5.74, 6) is -0.117. The molecule has 6 nitrogen and oxygen atoms in total. The van der Waals surface area contributed by atoms with Gasteiger partial charge in [-0.15, -0.1) is 0 Å². The van der Waals surface area contributed by atoms with Crippen LogP contribution in [0.3, 0.4) is 0 Å². The normalized spacial score (nSPS) is 12.4. The zero-order chi connectivity index (χ0) is 11.8. The van der Waals surface area contributed by atoms with Crippen molar-refractivity contribution in [3.8, 4) is 0 Å². The molecule has 1 aromatic rings. The number of aliphatic hydroxyl groups is 1. The SMILES string of the molecule is COCC(O)CCNC(=O)Cn1cccn1. The van der Waals surface area contributed by atoms with Crippen LogP contribution in [-0.2, 0) is 16.1 Å². The number of carbonyl (C=O) groups excluding carboxylic acids is 1. The summed E-state index contributed by atoms with van der Waals surface area (Å²) in [7, 11) is 1.53. The highest BCUT2D eigenvalue weighted by Crippen LogP contribution is 1.90. The Balaban J connectivity index is 2.11. The zero-order valence-corrected chi connectivity index (χ0v) is 9.30. The van der Waals surface area contributed by atoms with Gasteiger partial charge >= 0.3 is 0 Å². The predicted molar refractivity (Wildman–Crippen MR) is 57.7 cm³/mol. The topological polar surface area (TPSA) is 76.4 Å². The highest BCUT2D eigenvalue weighted by Gasteiger charge is 2.05. The third-order valence-corrected chi connectivity index (χ3v) is 2.02. The van der Waals surface area contributed by atoms with Gasteiger partial charge in [0.05, 0.1) is 12.7 Å². The first-order valence-electron chi connectivity index (χ1n) is 5.13. The molecule has 0 spiro atoms. The summed E-state index contributed by atoms with van der Waals surface area (Å²) in [5, 5.41) is 15.9. The van der Waals surface area contributed by atoms with Gasteiger partial charge in [-0.25, -0.2) is 0 Å². The van der Waals surface area contributed by atoms with Crippen molar-refractivity contribution in [3.63, 3.8) is 0 Å². The van der Waals surface area contributed by atoms with Gasteiger partial charge < -0.3 is 15.2 Å². The average molecular weight is 227 g/mol. The summed E-state index contributed by atoms with van der Waals surface area (Å²) in [5.41, 5.74) is 0. The van der Waals surface area contributed by atoms with E-state index in [2.05, 4.69) is 10.4 Å². The lowest BCUT2D eigenvalue weighted by atomic mass is 10.2. The number of nitrogens with zero attached hydrogens (tertiary/aromatic N) is 2. The summed E-state index contributed by atoms with van der Waals surface area (Å²) in [6.07, 6.45) is 3.29. The van der Waals surface area contributed by atoms with Crippen LogP contribution in [0.5, 0.6) is 0 Å². The van der Waals surface area contributed by atoms with Gasteiger partial charge in [-0.05, 0) is 12.5 Å². The molecule has 90 valence electrons. The van der Waals surface area contributed by atoms with Gasteiger partial charge in [0.25, 0.3) is 0 Å². The smallest absolute Gasteiger partial charge is 0.241 e. The van der Waals surface area contributed by atoms with E-state index >= 15 is 0 Å². The third-order valence-electron chi connectivity index (χ3n) is 2.02. The molecule has 0 radical (unpaired) electrons. The van der Waals surface area contributed by atoms with E-state index in [0.29, 0.717) is 13.0 Å². The van der Waals surface area contributed by atoms with Gasteiger partial charge in [0, 0.05) is 26.0 Å². The molecule has 1 atom stereocenters. The molecule has 1 heterocycles. The lowest BCUT2D eigenvalue weighted by molar-refractivity contribution is -0.121. The Morgan fingerprint density at radius 3 is 3.12 bits per heavy atom. The Kier molecular flexibility index (Phi) is 5.52. The highest BCUT2D eigenvalue weighted by molar-refractivity contribution is 5.75. The van der Waals surface area contributed by atoms with Crippen LogP contribution in [0.1, 0.15) is 6.42 Å². The lowest BCUT2D eigenvalue weighted by Crippen LogP contribution is -2.31. The molecule has 0 aliphatic rings. The molecule has 1 amide bonds. The molecule has 16 heavy (non-hydrogen) atoms. The molecule has 6 heteroatoms. The molecule has 2 N–H and O–H groups in total. The van der Waals surface area contributed by atoms with E-state index in [-0.39, 0.29) is 19.1 Å². The van der Waals surface area contributed by atoms with Crippen molar-refractivity contribution >= 4 is 5.91 Å². The van der Waals surface area contributed by atoms with Crippen LogP contribution in [0.2, 0.25) is 0 Å². The predicted octanol–water partition coefficient (Wildman–Crippen LogP) is -0.603. The van der Waals surface area contributed by atoms with Crippen LogP contribution < -0.4 is 5.32 Å². The number of carbonyl (C=O) groups is 1. The van der Waals surface area contributed by atoms with Gasteiger partial charge in [-0.1, -0.05) is 0 Å². The van der Waals surface area contributed by atoms with E-state index in [1.165, 1.54) is 7.11 Å². The minimum Gasteiger partial charge on any atom is -0.391 e. The number of hydrogen-bond acceptors (Lipinski definition) is 4. The first-order chi connectivity index (χ1) is 7.72. The van der Waals surface area contributed by atoms with Gasteiger partial charge in [0.1, 0.15) is 6.54 Å². The Bertz CT molecular complexity index is 300. The van der Waals surface area contributed by atoms with E-state index in [9.17, 15) is 9.90 Å². The van der Waals surface area contributed by atoms with Gasteiger partial charge in [0.2, 0.25) is 5.91 Å².